The molecule has 1 heteroatoms. The third kappa shape index (κ3) is 23.7. The van der Waals surface area contributed by atoms with E-state index in [4.69, 9.17) is 4.74 Å². The highest BCUT2D eigenvalue weighted by atomic mass is 16.5. The Morgan fingerprint density at radius 3 is 1.28 bits per heavy atom. The van der Waals surface area contributed by atoms with Crippen LogP contribution in [0.1, 0.15) is 129 Å². The van der Waals surface area contributed by atoms with Gasteiger partial charge in [0, 0.05) is 13.2 Å². The second kappa shape index (κ2) is 23.7. The monoisotopic (exact) mass is 352 g/mol. The topological polar surface area (TPSA) is 9.23 Å². The van der Waals surface area contributed by atoms with Crippen molar-refractivity contribution < 1.29 is 4.74 Å². The van der Waals surface area contributed by atoms with Crippen LogP contribution in [-0.2, 0) is 4.74 Å². The molecule has 0 aromatic carbocycles. The molecule has 0 aliphatic heterocycles. The maximum absolute atomic E-state index is 5.69. The molecule has 1 nitrogen and oxygen atoms in total. The molecule has 0 aromatic rings. The van der Waals surface area contributed by atoms with Crippen molar-refractivity contribution in [3.8, 4) is 0 Å². The molecule has 0 radical (unpaired) electrons. The van der Waals surface area contributed by atoms with Crippen LogP contribution < -0.4 is 0 Å². The number of unbranched alkanes of at least 4 members (excludes halogenated alkanes) is 15. The zero-order chi connectivity index (χ0) is 18.3. The molecule has 0 aliphatic rings. The van der Waals surface area contributed by atoms with Gasteiger partial charge in [0.2, 0.25) is 0 Å². The summed E-state index contributed by atoms with van der Waals surface area (Å²) < 4.78 is 5.69. The third-order valence-electron chi connectivity index (χ3n) is 4.94. The molecule has 0 heterocycles. The van der Waals surface area contributed by atoms with Gasteiger partial charge in [0.1, 0.15) is 0 Å². The van der Waals surface area contributed by atoms with Crippen LogP contribution in [0.3, 0.4) is 0 Å². The van der Waals surface area contributed by atoms with Gasteiger partial charge in [-0.2, -0.15) is 0 Å². The second-order valence-corrected chi connectivity index (χ2v) is 7.61. The zero-order valence-corrected chi connectivity index (χ0v) is 17.7. The molecule has 0 rings (SSSR count). The van der Waals surface area contributed by atoms with Crippen LogP contribution in [0.15, 0.2) is 12.2 Å². The lowest BCUT2D eigenvalue weighted by Crippen LogP contribution is -1.97. The molecule has 0 amide bonds. The van der Waals surface area contributed by atoms with Gasteiger partial charge in [0.05, 0.1) is 0 Å². The van der Waals surface area contributed by atoms with E-state index >= 15 is 0 Å². The van der Waals surface area contributed by atoms with E-state index in [1.165, 1.54) is 116 Å². The standard InChI is InChI=1S/C24H48O/c1-3-5-7-9-10-11-12-13-14-15-16-17-18-19-20-22-24-25-23-21-8-6-4-2/h13-14H,3-12,15-24H2,1-2H3/b14-13-. The number of ether oxygens (including phenoxy) is 1. The van der Waals surface area contributed by atoms with E-state index in [9.17, 15) is 0 Å². The number of allylic oxidation sites excluding steroid dienone is 2. The van der Waals surface area contributed by atoms with Gasteiger partial charge in [-0.15, -0.1) is 0 Å². The molecule has 0 unspecified atom stereocenters. The Hall–Kier alpha value is -0.300. The first-order valence-electron chi connectivity index (χ1n) is 11.6. The summed E-state index contributed by atoms with van der Waals surface area (Å²) in [6, 6.07) is 0. The zero-order valence-electron chi connectivity index (χ0n) is 17.7. The summed E-state index contributed by atoms with van der Waals surface area (Å²) in [5, 5.41) is 0. The SMILES string of the molecule is CCCCCCCC/C=C\CCCCCCCCOCCCCCC. The van der Waals surface area contributed by atoms with Crippen molar-refractivity contribution in [1.29, 1.82) is 0 Å². The Morgan fingerprint density at radius 1 is 0.440 bits per heavy atom. The largest absolute Gasteiger partial charge is 0.381 e. The molecule has 0 saturated carbocycles. The number of hydrogen-bond donors (Lipinski definition) is 0. The first-order valence-corrected chi connectivity index (χ1v) is 11.6. The molecule has 0 aliphatic carbocycles. The first-order chi connectivity index (χ1) is 12.4. The fourth-order valence-corrected chi connectivity index (χ4v) is 3.18. The maximum Gasteiger partial charge on any atom is 0.0466 e. The Morgan fingerprint density at radius 2 is 0.800 bits per heavy atom. The molecule has 0 bridgehead atoms. The molecule has 0 spiro atoms. The van der Waals surface area contributed by atoms with Crippen LogP contribution >= 0.6 is 0 Å². The van der Waals surface area contributed by atoms with Crippen LogP contribution in [0, 0.1) is 0 Å². The lowest BCUT2D eigenvalue weighted by Gasteiger charge is -2.04. The van der Waals surface area contributed by atoms with E-state index in [0.717, 1.165) is 13.2 Å². The van der Waals surface area contributed by atoms with Gasteiger partial charge < -0.3 is 4.74 Å². The van der Waals surface area contributed by atoms with Crippen LogP contribution in [0.5, 0.6) is 0 Å². The highest BCUT2D eigenvalue weighted by molar-refractivity contribution is 4.81. The average Bonchev–Trinajstić information content (AvgIpc) is 2.63. The lowest BCUT2D eigenvalue weighted by molar-refractivity contribution is 0.125. The highest BCUT2D eigenvalue weighted by Gasteiger charge is 1.93. The van der Waals surface area contributed by atoms with Crippen molar-refractivity contribution in [3.63, 3.8) is 0 Å². The summed E-state index contributed by atoms with van der Waals surface area (Å²) in [6.07, 6.45) is 29.3. The van der Waals surface area contributed by atoms with Gasteiger partial charge in [-0.05, 0) is 38.5 Å². The predicted molar refractivity (Wildman–Crippen MR) is 114 cm³/mol. The quantitative estimate of drug-likeness (QED) is 0.148. The van der Waals surface area contributed by atoms with Crippen LogP contribution in [0.2, 0.25) is 0 Å². The predicted octanol–water partition coefficient (Wildman–Crippen LogP) is 8.62. The Bertz CT molecular complexity index is 246. The van der Waals surface area contributed by atoms with E-state index in [1.54, 1.807) is 0 Å². The minimum Gasteiger partial charge on any atom is -0.381 e. The third-order valence-corrected chi connectivity index (χ3v) is 4.94. The normalized spacial score (nSPS) is 11.6. The fraction of sp³-hybridized carbons (Fsp3) is 0.917. The molecule has 0 fully saturated rings. The summed E-state index contributed by atoms with van der Waals surface area (Å²) in [4.78, 5) is 0. The Labute approximate surface area is 160 Å². The first kappa shape index (κ1) is 24.7. The van der Waals surface area contributed by atoms with Crippen LogP contribution in [0.25, 0.3) is 0 Å². The van der Waals surface area contributed by atoms with Gasteiger partial charge in [0.15, 0.2) is 0 Å². The smallest absolute Gasteiger partial charge is 0.0466 e. The average molecular weight is 353 g/mol. The minimum absolute atomic E-state index is 0.977. The van der Waals surface area contributed by atoms with E-state index in [-0.39, 0.29) is 0 Å². The summed E-state index contributed by atoms with van der Waals surface area (Å²) in [5.74, 6) is 0. The van der Waals surface area contributed by atoms with Crippen molar-refractivity contribution in [2.24, 2.45) is 0 Å². The van der Waals surface area contributed by atoms with Gasteiger partial charge in [-0.1, -0.05) is 103 Å². The maximum atomic E-state index is 5.69. The summed E-state index contributed by atoms with van der Waals surface area (Å²) in [6.45, 7) is 6.50. The van der Waals surface area contributed by atoms with Crippen LogP contribution in [-0.4, -0.2) is 13.2 Å². The van der Waals surface area contributed by atoms with Crippen molar-refractivity contribution >= 4 is 0 Å². The fourth-order valence-electron chi connectivity index (χ4n) is 3.18. The summed E-state index contributed by atoms with van der Waals surface area (Å²) in [7, 11) is 0. The van der Waals surface area contributed by atoms with E-state index < -0.39 is 0 Å². The summed E-state index contributed by atoms with van der Waals surface area (Å²) >= 11 is 0. The molecule has 25 heavy (non-hydrogen) atoms. The Kier molecular flexibility index (Phi) is 23.4. The molecule has 0 atom stereocenters. The molecule has 150 valence electrons. The van der Waals surface area contributed by atoms with E-state index in [1.807, 2.05) is 0 Å². The lowest BCUT2D eigenvalue weighted by atomic mass is 10.1. The molecule has 0 N–H and O–H groups in total. The number of hydrogen-bond acceptors (Lipinski definition) is 1. The molecule has 0 aromatic heterocycles. The van der Waals surface area contributed by atoms with Crippen molar-refractivity contribution in [1.82, 2.24) is 0 Å². The second-order valence-electron chi connectivity index (χ2n) is 7.61. The van der Waals surface area contributed by atoms with Crippen molar-refractivity contribution in [3.05, 3.63) is 12.2 Å². The molecular formula is C24H48O. The molecular weight excluding hydrogens is 304 g/mol. The van der Waals surface area contributed by atoms with E-state index in [0.29, 0.717) is 0 Å². The Balaban J connectivity index is 3.03. The van der Waals surface area contributed by atoms with E-state index in [2.05, 4.69) is 26.0 Å². The van der Waals surface area contributed by atoms with Gasteiger partial charge in [-0.25, -0.2) is 0 Å². The summed E-state index contributed by atoms with van der Waals surface area (Å²) in [5.41, 5.74) is 0. The minimum atomic E-state index is 0.977. The molecule has 0 saturated heterocycles. The highest BCUT2D eigenvalue weighted by Crippen LogP contribution is 2.10. The van der Waals surface area contributed by atoms with Crippen molar-refractivity contribution in [2.75, 3.05) is 13.2 Å². The van der Waals surface area contributed by atoms with Gasteiger partial charge >= 0.3 is 0 Å². The van der Waals surface area contributed by atoms with Crippen LogP contribution in [0.4, 0.5) is 0 Å². The van der Waals surface area contributed by atoms with Gasteiger partial charge in [-0.3, -0.25) is 0 Å². The van der Waals surface area contributed by atoms with Gasteiger partial charge in [0.25, 0.3) is 0 Å². The number of rotatable bonds is 21. The van der Waals surface area contributed by atoms with Crippen molar-refractivity contribution in [2.45, 2.75) is 129 Å².